The van der Waals surface area contributed by atoms with Crippen LogP contribution in [0.5, 0.6) is 11.5 Å². The Morgan fingerprint density at radius 2 is 2.12 bits per heavy atom. The van der Waals surface area contributed by atoms with Crippen molar-refractivity contribution in [3.63, 3.8) is 0 Å². The Labute approximate surface area is 138 Å². The van der Waals surface area contributed by atoms with Gasteiger partial charge >= 0.3 is 0 Å². The van der Waals surface area contributed by atoms with Crippen molar-refractivity contribution in [3.8, 4) is 11.5 Å². The summed E-state index contributed by atoms with van der Waals surface area (Å²) in [5, 5.41) is 1.00. The van der Waals surface area contributed by atoms with Gasteiger partial charge < -0.3 is 14.2 Å². The normalized spacial score (nSPS) is 13.4. The molecule has 0 unspecified atom stereocenters. The second-order valence-electron chi connectivity index (χ2n) is 5.73. The summed E-state index contributed by atoms with van der Waals surface area (Å²) < 4.78 is 30.5. The Morgan fingerprint density at radius 3 is 3.04 bits per heavy atom. The monoisotopic (exact) mass is 325 g/mol. The van der Waals surface area contributed by atoms with Gasteiger partial charge in [0.2, 0.25) is 0 Å². The molecule has 5 heteroatoms. The van der Waals surface area contributed by atoms with Crippen molar-refractivity contribution in [1.82, 2.24) is 4.98 Å². The maximum Gasteiger partial charge on any atom is 0.189 e. The van der Waals surface area contributed by atoms with E-state index in [9.17, 15) is 4.39 Å². The zero-order chi connectivity index (χ0) is 16.5. The highest BCUT2D eigenvalue weighted by Crippen LogP contribution is 2.31. The molecule has 24 heavy (non-hydrogen) atoms. The van der Waals surface area contributed by atoms with Crippen LogP contribution in [0.1, 0.15) is 16.8 Å². The van der Waals surface area contributed by atoms with E-state index in [-0.39, 0.29) is 19.2 Å². The lowest BCUT2D eigenvalue weighted by Gasteiger charge is -2.21. The number of aromatic nitrogens is 1. The number of ether oxygens (including phenoxy) is 3. The van der Waals surface area contributed by atoms with Crippen LogP contribution in [-0.2, 0) is 18.0 Å². The van der Waals surface area contributed by atoms with Gasteiger partial charge in [0.1, 0.15) is 29.4 Å². The number of fused-ring (bicyclic) bond motifs is 2. The molecule has 0 amide bonds. The molecule has 0 N–H and O–H groups in total. The van der Waals surface area contributed by atoms with Gasteiger partial charge in [-0.15, -0.1) is 0 Å². The maximum atomic E-state index is 13.8. The molecule has 0 aliphatic carbocycles. The van der Waals surface area contributed by atoms with E-state index in [0.29, 0.717) is 29.2 Å². The Morgan fingerprint density at radius 1 is 1.21 bits per heavy atom. The van der Waals surface area contributed by atoms with Gasteiger partial charge in [0.25, 0.3) is 0 Å². The van der Waals surface area contributed by atoms with Gasteiger partial charge in [0.05, 0.1) is 6.61 Å². The van der Waals surface area contributed by atoms with Crippen molar-refractivity contribution in [1.29, 1.82) is 0 Å². The third-order valence-electron chi connectivity index (χ3n) is 3.96. The van der Waals surface area contributed by atoms with Crippen LogP contribution in [-0.4, -0.2) is 11.8 Å². The zero-order valence-corrected chi connectivity index (χ0v) is 13.2. The first kappa shape index (κ1) is 14.9. The van der Waals surface area contributed by atoms with E-state index < -0.39 is 0 Å². The van der Waals surface area contributed by atoms with E-state index in [1.165, 1.54) is 12.1 Å². The summed E-state index contributed by atoms with van der Waals surface area (Å²) in [6, 6.07) is 12.6. The lowest BCUT2D eigenvalue weighted by atomic mass is 10.1. The molecule has 4 rings (SSSR count). The molecular weight excluding hydrogens is 309 g/mol. The predicted octanol–water partition coefficient (Wildman–Crippen LogP) is 4.13. The number of hydrogen-bond donors (Lipinski definition) is 0. The van der Waals surface area contributed by atoms with Gasteiger partial charge in [-0.2, -0.15) is 0 Å². The lowest BCUT2D eigenvalue weighted by molar-refractivity contribution is -0.0178. The molecule has 0 radical (unpaired) electrons. The van der Waals surface area contributed by atoms with Crippen molar-refractivity contribution in [2.24, 2.45) is 0 Å². The first-order valence-corrected chi connectivity index (χ1v) is 7.72. The Kier molecular flexibility index (Phi) is 3.78. The van der Waals surface area contributed by atoms with Crippen molar-refractivity contribution in [3.05, 3.63) is 65.1 Å². The summed E-state index contributed by atoms with van der Waals surface area (Å²) in [6.45, 7) is 2.65. The van der Waals surface area contributed by atoms with Crippen molar-refractivity contribution < 1.29 is 18.6 Å². The van der Waals surface area contributed by atoms with E-state index in [4.69, 9.17) is 14.2 Å². The molecule has 122 valence electrons. The number of halogens is 1. The number of para-hydroxylation sites is 1. The Hall–Kier alpha value is -2.66. The topological polar surface area (TPSA) is 40.6 Å². The molecule has 0 saturated carbocycles. The minimum Gasteiger partial charge on any atom is -0.486 e. The summed E-state index contributed by atoms with van der Waals surface area (Å²) in [5.41, 5.74) is 3.08. The average Bonchev–Trinajstić information content (AvgIpc) is 2.59. The van der Waals surface area contributed by atoms with Crippen LogP contribution in [0.2, 0.25) is 0 Å². The fourth-order valence-electron chi connectivity index (χ4n) is 2.85. The van der Waals surface area contributed by atoms with Crippen LogP contribution in [0, 0.1) is 12.7 Å². The van der Waals surface area contributed by atoms with Gasteiger partial charge in [0, 0.05) is 22.2 Å². The molecule has 2 heterocycles. The molecule has 3 aromatic rings. The molecule has 4 nitrogen and oxygen atoms in total. The second-order valence-corrected chi connectivity index (χ2v) is 5.73. The van der Waals surface area contributed by atoms with E-state index in [0.717, 1.165) is 16.6 Å². The molecule has 1 aliphatic rings. The quantitative estimate of drug-likeness (QED) is 0.726. The van der Waals surface area contributed by atoms with Crippen LogP contribution in [0.15, 0.2) is 42.5 Å². The van der Waals surface area contributed by atoms with Crippen molar-refractivity contribution >= 4 is 10.9 Å². The zero-order valence-electron chi connectivity index (χ0n) is 13.2. The highest BCUT2D eigenvalue weighted by Gasteiger charge is 2.17. The standard InChI is InChI=1S/C19H16FNO3/c1-12-5-6-13-3-2-4-17(18(13)21-12)23-10-15-8-16(20)7-14-9-22-11-24-19(14)15/h2-8H,9-11H2,1H3. The van der Waals surface area contributed by atoms with E-state index in [1.54, 1.807) is 0 Å². The maximum absolute atomic E-state index is 13.8. The minimum absolute atomic E-state index is 0.167. The number of hydrogen-bond acceptors (Lipinski definition) is 4. The highest BCUT2D eigenvalue weighted by atomic mass is 19.1. The van der Waals surface area contributed by atoms with E-state index >= 15 is 0 Å². The second kappa shape index (κ2) is 6.09. The minimum atomic E-state index is -0.326. The van der Waals surface area contributed by atoms with Gasteiger partial charge in [-0.1, -0.05) is 18.2 Å². The van der Waals surface area contributed by atoms with Crippen molar-refractivity contribution in [2.75, 3.05) is 6.79 Å². The van der Waals surface area contributed by atoms with Crippen LogP contribution in [0.3, 0.4) is 0 Å². The van der Waals surface area contributed by atoms with Crippen LogP contribution in [0.4, 0.5) is 4.39 Å². The number of aryl methyl sites for hydroxylation is 1. The van der Waals surface area contributed by atoms with Crippen LogP contribution in [0.25, 0.3) is 10.9 Å². The third kappa shape index (κ3) is 2.78. The van der Waals surface area contributed by atoms with E-state index in [1.807, 2.05) is 37.3 Å². The predicted molar refractivity (Wildman–Crippen MR) is 87.5 cm³/mol. The fraction of sp³-hybridized carbons (Fsp3) is 0.211. The first-order chi connectivity index (χ1) is 11.7. The molecule has 1 aromatic heterocycles. The number of pyridine rings is 1. The van der Waals surface area contributed by atoms with Gasteiger partial charge in [-0.05, 0) is 31.2 Å². The molecule has 0 spiro atoms. The molecule has 0 atom stereocenters. The molecule has 0 saturated heterocycles. The molecular formula is C19H16FNO3. The molecule has 2 aromatic carbocycles. The largest absolute Gasteiger partial charge is 0.486 e. The van der Waals surface area contributed by atoms with Gasteiger partial charge in [0.15, 0.2) is 6.79 Å². The highest BCUT2D eigenvalue weighted by molar-refractivity contribution is 5.84. The number of benzene rings is 2. The molecule has 0 bridgehead atoms. The summed E-state index contributed by atoms with van der Waals surface area (Å²) in [4.78, 5) is 4.54. The summed E-state index contributed by atoms with van der Waals surface area (Å²) in [5.74, 6) is 0.988. The lowest BCUT2D eigenvalue weighted by Crippen LogP contribution is -2.14. The summed E-state index contributed by atoms with van der Waals surface area (Å²) in [7, 11) is 0. The van der Waals surface area contributed by atoms with Gasteiger partial charge in [-0.3, -0.25) is 0 Å². The molecule has 1 aliphatic heterocycles. The third-order valence-corrected chi connectivity index (χ3v) is 3.96. The number of nitrogens with zero attached hydrogens (tertiary/aromatic N) is 1. The summed E-state index contributed by atoms with van der Waals surface area (Å²) >= 11 is 0. The molecule has 0 fully saturated rings. The van der Waals surface area contributed by atoms with Crippen molar-refractivity contribution in [2.45, 2.75) is 20.1 Å². The first-order valence-electron chi connectivity index (χ1n) is 7.72. The summed E-state index contributed by atoms with van der Waals surface area (Å²) in [6.07, 6.45) is 0. The van der Waals surface area contributed by atoms with Gasteiger partial charge in [-0.25, -0.2) is 9.37 Å². The van der Waals surface area contributed by atoms with Crippen LogP contribution >= 0.6 is 0 Å². The van der Waals surface area contributed by atoms with E-state index in [2.05, 4.69) is 4.98 Å². The SMILES string of the molecule is Cc1ccc2cccc(OCc3cc(F)cc4c3OCOC4)c2n1. The smallest absolute Gasteiger partial charge is 0.189 e. The average molecular weight is 325 g/mol. The fourth-order valence-corrected chi connectivity index (χ4v) is 2.85. The number of rotatable bonds is 3. The Bertz CT molecular complexity index is 910. The Balaban J connectivity index is 1.66. The van der Waals surface area contributed by atoms with Crippen LogP contribution < -0.4 is 9.47 Å².